The molecule has 0 bridgehead atoms. The van der Waals surface area contributed by atoms with Crippen molar-refractivity contribution in [1.29, 1.82) is 0 Å². The molecule has 2 aromatic rings. The van der Waals surface area contributed by atoms with Crippen molar-refractivity contribution in [3.63, 3.8) is 0 Å². The summed E-state index contributed by atoms with van der Waals surface area (Å²) in [5, 5.41) is 19.7. The van der Waals surface area contributed by atoms with E-state index in [1.54, 1.807) is 43.9 Å². The minimum atomic E-state index is -3.76. The van der Waals surface area contributed by atoms with E-state index in [2.05, 4.69) is 16.8 Å². The fraction of sp³-hybridized carbons (Fsp3) is 0.462. The molecule has 0 fully saturated rings. The Kier molecular flexibility index (Phi) is 8.41. The van der Waals surface area contributed by atoms with Gasteiger partial charge in [-0.15, -0.1) is 0 Å². The molecule has 3 rings (SSSR count). The highest BCUT2D eigenvalue weighted by Gasteiger charge is 2.35. The largest absolute Gasteiger partial charge is 0.472 e. The molecule has 0 saturated heterocycles. The van der Waals surface area contributed by atoms with Crippen molar-refractivity contribution < 1.29 is 28.2 Å². The summed E-state index contributed by atoms with van der Waals surface area (Å²) in [6, 6.07) is 9.19. The second kappa shape index (κ2) is 11.0. The van der Waals surface area contributed by atoms with Crippen molar-refractivity contribution in [3.8, 4) is 17.7 Å². The first-order chi connectivity index (χ1) is 16.8. The number of aromatic nitrogens is 1. The van der Waals surface area contributed by atoms with E-state index in [0.29, 0.717) is 5.56 Å². The molecule has 2 heterocycles. The van der Waals surface area contributed by atoms with E-state index in [4.69, 9.17) is 4.74 Å². The van der Waals surface area contributed by atoms with Gasteiger partial charge in [0, 0.05) is 31.3 Å². The number of aliphatic hydroxyl groups is 2. The molecule has 0 spiro atoms. The second-order valence-electron chi connectivity index (χ2n) is 9.61. The maximum atomic E-state index is 13.5. The lowest BCUT2D eigenvalue weighted by molar-refractivity contribution is 0.0373. The normalized spacial score (nSPS) is 19.4. The molecule has 1 aliphatic heterocycles. The molecule has 10 heteroatoms. The molecule has 1 aliphatic rings. The zero-order valence-electron chi connectivity index (χ0n) is 21.2. The van der Waals surface area contributed by atoms with Gasteiger partial charge in [0.15, 0.2) is 0 Å². The fourth-order valence-corrected chi connectivity index (χ4v) is 4.94. The highest BCUT2D eigenvalue weighted by Crippen LogP contribution is 2.28. The van der Waals surface area contributed by atoms with Crippen molar-refractivity contribution >= 4 is 15.9 Å². The van der Waals surface area contributed by atoms with Gasteiger partial charge in [0.1, 0.15) is 17.3 Å². The first-order valence-corrected chi connectivity index (χ1v) is 13.1. The van der Waals surface area contributed by atoms with E-state index in [1.807, 2.05) is 6.92 Å². The number of likely N-dealkylation sites (N-methyl/N-ethyl adjacent to an activating group) is 1. The molecule has 1 aromatic carbocycles. The molecule has 194 valence electrons. The molecule has 36 heavy (non-hydrogen) atoms. The van der Waals surface area contributed by atoms with Crippen molar-refractivity contribution in [2.75, 3.05) is 26.7 Å². The predicted molar refractivity (Wildman–Crippen MR) is 135 cm³/mol. The molecular formula is C26H33N3O6S. The minimum Gasteiger partial charge on any atom is -0.472 e. The number of hydrogen-bond acceptors (Lipinski definition) is 7. The van der Waals surface area contributed by atoms with Gasteiger partial charge in [-0.3, -0.25) is 4.79 Å². The average Bonchev–Trinajstić information content (AvgIpc) is 2.84. The third-order valence-corrected chi connectivity index (χ3v) is 7.76. The van der Waals surface area contributed by atoms with Crippen LogP contribution in [0.2, 0.25) is 0 Å². The van der Waals surface area contributed by atoms with Crippen molar-refractivity contribution in [2.24, 2.45) is 5.92 Å². The van der Waals surface area contributed by atoms with Crippen molar-refractivity contribution in [2.45, 2.75) is 50.3 Å². The molecule has 0 unspecified atom stereocenters. The van der Waals surface area contributed by atoms with Crippen LogP contribution >= 0.6 is 0 Å². The minimum absolute atomic E-state index is 0.0231. The number of carbonyl (C=O) groups excluding carboxylic acids is 1. The van der Waals surface area contributed by atoms with Crippen LogP contribution in [0.15, 0.2) is 47.5 Å². The zero-order chi connectivity index (χ0) is 26.7. The molecule has 1 amide bonds. The number of rotatable bonds is 6. The Morgan fingerprint density at radius 3 is 2.58 bits per heavy atom. The van der Waals surface area contributed by atoms with Gasteiger partial charge in [-0.1, -0.05) is 37.0 Å². The molecule has 0 saturated carbocycles. The van der Waals surface area contributed by atoms with Crippen LogP contribution in [0.25, 0.3) is 0 Å². The molecular weight excluding hydrogens is 482 g/mol. The summed E-state index contributed by atoms with van der Waals surface area (Å²) in [6.45, 7) is 6.72. The molecule has 2 N–H and O–H groups in total. The van der Waals surface area contributed by atoms with E-state index in [-0.39, 0.29) is 47.9 Å². The number of hydrogen-bond donors (Lipinski definition) is 2. The SMILES string of the molecule is C[C@H](CO)N1C[C@H](C)[C@H](CN(C)S(=O)(=O)c2ccccc2)Oc2ncc(C#CC(C)(C)O)cc2C1=O. The third-order valence-electron chi connectivity index (χ3n) is 5.92. The first-order valence-electron chi connectivity index (χ1n) is 11.7. The van der Waals surface area contributed by atoms with Gasteiger partial charge < -0.3 is 19.8 Å². The molecule has 0 radical (unpaired) electrons. The summed E-state index contributed by atoms with van der Waals surface area (Å²) in [5.74, 6) is 4.92. The maximum absolute atomic E-state index is 13.5. The van der Waals surface area contributed by atoms with Crippen LogP contribution in [-0.2, 0) is 10.0 Å². The Morgan fingerprint density at radius 1 is 1.31 bits per heavy atom. The van der Waals surface area contributed by atoms with E-state index in [1.165, 1.54) is 35.7 Å². The van der Waals surface area contributed by atoms with Crippen LogP contribution in [-0.4, -0.2) is 83.2 Å². The van der Waals surface area contributed by atoms with E-state index < -0.39 is 27.8 Å². The quantitative estimate of drug-likeness (QED) is 0.563. The van der Waals surface area contributed by atoms with Gasteiger partial charge in [-0.2, -0.15) is 4.31 Å². The fourth-order valence-electron chi connectivity index (χ4n) is 3.74. The lowest BCUT2D eigenvalue weighted by Crippen LogP contribution is -2.50. The topological polar surface area (TPSA) is 120 Å². The van der Waals surface area contributed by atoms with Gasteiger partial charge in [0.25, 0.3) is 5.91 Å². The number of nitrogens with zero attached hydrogens (tertiary/aromatic N) is 3. The number of fused-ring (bicyclic) bond motifs is 1. The smallest absolute Gasteiger partial charge is 0.259 e. The number of carbonyl (C=O) groups is 1. The first kappa shape index (κ1) is 27.6. The molecule has 0 aliphatic carbocycles. The van der Waals surface area contributed by atoms with Crippen LogP contribution in [0.1, 0.15) is 43.6 Å². The van der Waals surface area contributed by atoms with Gasteiger partial charge in [-0.05, 0) is 39.0 Å². The Balaban J connectivity index is 2.00. The van der Waals surface area contributed by atoms with Crippen molar-refractivity contribution in [1.82, 2.24) is 14.2 Å². The van der Waals surface area contributed by atoms with E-state index in [0.717, 1.165) is 0 Å². The Hall–Kier alpha value is -2.97. The van der Waals surface area contributed by atoms with Crippen LogP contribution in [0.5, 0.6) is 5.88 Å². The summed E-state index contributed by atoms with van der Waals surface area (Å²) in [7, 11) is -2.28. The van der Waals surface area contributed by atoms with Gasteiger partial charge in [0.05, 0.1) is 24.1 Å². The van der Waals surface area contributed by atoms with E-state index in [9.17, 15) is 23.4 Å². The van der Waals surface area contributed by atoms with E-state index >= 15 is 0 Å². The number of pyridine rings is 1. The summed E-state index contributed by atoms with van der Waals surface area (Å²) in [6.07, 6.45) is 0.813. The highest BCUT2D eigenvalue weighted by molar-refractivity contribution is 7.89. The van der Waals surface area contributed by atoms with Crippen LogP contribution in [0.4, 0.5) is 0 Å². The maximum Gasteiger partial charge on any atom is 0.259 e. The molecule has 1 aromatic heterocycles. The predicted octanol–water partition coefficient (Wildman–Crippen LogP) is 1.74. The summed E-state index contributed by atoms with van der Waals surface area (Å²) in [5.41, 5.74) is -0.654. The lowest BCUT2D eigenvalue weighted by Gasteiger charge is -2.37. The van der Waals surface area contributed by atoms with Gasteiger partial charge >= 0.3 is 0 Å². The zero-order valence-corrected chi connectivity index (χ0v) is 22.0. The van der Waals surface area contributed by atoms with Crippen LogP contribution in [0, 0.1) is 17.8 Å². The summed E-state index contributed by atoms with van der Waals surface area (Å²) >= 11 is 0. The number of sulfonamides is 1. The number of benzene rings is 1. The van der Waals surface area contributed by atoms with Gasteiger partial charge in [-0.25, -0.2) is 13.4 Å². The standard InChI is InChI=1S/C26H33N3O6S/c1-18-15-29(19(2)17-30)25(31)22-13-20(11-12-26(3,4)32)14-27-24(22)35-23(18)16-28(5)36(33,34)21-9-7-6-8-10-21/h6-10,13-14,18-19,23,30,32H,15-17H2,1-5H3/t18-,19+,23-/m0/s1. The lowest BCUT2D eigenvalue weighted by atomic mass is 10.00. The molecule has 9 nitrogen and oxygen atoms in total. The van der Waals surface area contributed by atoms with Crippen molar-refractivity contribution in [3.05, 3.63) is 53.7 Å². The second-order valence-corrected chi connectivity index (χ2v) is 11.7. The highest BCUT2D eigenvalue weighted by atomic mass is 32.2. The summed E-state index contributed by atoms with van der Waals surface area (Å²) in [4.78, 5) is 19.5. The number of ether oxygens (including phenoxy) is 1. The Labute approximate surface area is 212 Å². The monoisotopic (exact) mass is 515 g/mol. The number of aliphatic hydroxyl groups excluding tert-OH is 1. The summed E-state index contributed by atoms with van der Waals surface area (Å²) < 4.78 is 33.6. The van der Waals surface area contributed by atoms with Gasteiger partial charge in [0.2, 0.25) is 15.9 Å². The third kappa shape index (κ3) is 6.42. The molecule has 3 atom stereocenters. The average molecular weight is 516 g/mol. The number of amides is 1. The Bertz CT molecular complexity index is 1250. The Morgan fingerprint density at radius 2 is 1.97 bits per heavy atom. The van der Waals surface area contributed by atoms with Crippen LogP contribution in [0.3, 0.4) is 0 Å². The van der Waals surface area contributed by atoms with Crippen LogP contribution < -0.4 is 4.74 Å².